The maximum absolute atomic E-state index is 13.5. The minimum atomic E-state index is -0.782. The third kappa shape index (κ3) is 3.14. The number of ketones is 1. The van der Waals surface area contributed by atoms with E-state index in [1.54, 1.807) is 0 Å². The molecule has 0 unspecified atom stereocenters. The molecule has 4 aliphatic carbocycles. The molecule has 2 saturated carbocycles. The molecule has 0 amide bonds. The van der Waals surface area contributed by atoms with Gasteiger partial charge >= 0.3 is 5.97 Å². The van der Waals surface area contributed by atoms with Crippen molar-refractivity contribution in [1.29, 1.82) is 0 Å². The Hall–Kier alpha value is -2.20. The molecule has 0 aromatic heterocycles. The number of hydrogen-bond acceptors (Lipinski definition) is 3. The number of benzene rings is 1. The van der Waals surface area contributed by atoms with Crippen LogP contribution in [0.2, 0.25) is 0 Å². The summed E-state index contributed by atoms with van der Waals surface area (Å²) < 4.78 is 0. The molecule has 4 nitrogen and oxygen atoms in total. The van der Waals surface area contributed by atoms with Gasteiger partial charge in [0.25, 0.3) is 0 Å². The Bertz CT molecular complexity index is 1000. The van der Waals surface area contributed by atoms with E-state index < -0.39 is 5.97 Å². The predicted octanol–water partition coefficient (Wildman–Crippen LogP) is 5.56. The molecule has 0 saturated heterocycles. The number of carboxylic acid groups (broad SMARTS) is 1. The summed E-state index contributed by atoms with van der Waals surface area (Å²) in [6.45, 7) is 4.71. The maximum atomic E-state index is 13.5. The summed E-state index contributed by atoms with van der Waals surface area (Å²) in [7, 11) is 0. The Morgan fingerprint density at radius 2 is 1.78 bits per heavy atom. The van der Waals surface area contributed by atoms with E-state index in [0.717, 1.165) is 49.7 Å². The van der Waals surface area contributed by atoms with Crippen molar-refractivity contribution < 1.29 is 19.8 Å². The van der Waals surface area contributed by atoms with Crippen LogP contribution in [0.4, 0.5) is 0 Å². The minimum Gasteiger partial charge on any atom is -0.478 e. The summed E-state index contributed by atoms with van der Waals surface area (Å²) >= 11 is 0. The van der Waals surface area contributed by atoms with Gasteiger partial charge in [0.15, 0.2) is 5.78 Å². The zero-order chi connectivity index (χ0) is 22.7. The van der Waals surface area contributed by atoms with Crippen LogP contribution in [0.25, 0.3) is 0 Å². The summed E-state index contributed by atoms with van der Waals surface area (Å²) in [5.74, 6) is 1.25. The highest BCUT2D eigenvalue weighted by atomic mass is 16.4. The Kier molecular flexibility index (Phi) is 5.20. The van der Waals surface area contributed by atoms with Crippen molar-refractivity contribution in [2.24, 2.45) is 34.5 Å². The van der Waals surface area contributed by atoms with Crippen LogP contribution in [0.5, 0.6) is 0 Å². The molecule has 0 aliphatic heterocycles. The van der Waals surface area contributed by atoms with Crippen molar-refractivity contribution in [3.8, 4) is 0 Å². The lowest BCUT2D eigenvalue weighted by Gasteiger charge is -2.57. The lowest BCUT2D eigenvalue weighted by atomic mass is 9.47. The van der Waals surface area contributed by atoms with Gasteiger partial charge in [0.05, 0.1) is 6.61 Å². The average molecular weight is 435 g/mol. The minimum absolute atomic E-state index is 0.00181. The first-order chi connectivity index (χ1) is 15.3. The second-order valence-electron chi connectivity index (χ2n) is 11.1. The number of allylic oxidation sites excluding steroid dienone is 3. The number of rotatable bonds is 4. The molecule has 2 fully saturated rings. The van der Waals surface area contributed by atoms with Crippen LogP contribution in [-0.4, -0.2) is 22.0 Å². The number of carboxylic acids is 1. The van der Waals surface area contributed by atoms with Crippen LogP contribution < -0.4 is 0 Å². The summed E-state index contributed by atoms with van der Waals surface area (Å²) in [4.78, 5) is 25.0. The van der Waals surface area contributed by atoms with E-state index in [1.165, 1.54) is 5.57 Å². The van der Waals surface area contributed by atoms with E-state index in [1.807, 2.05) is 30.3 Å². The van der Waals surface area contributed by atoms with Crippen LogP contribution in [0.1, 0.15) is 74.7 Å². The Balaban J connectivity index is 1.41. The third-order valence-electron chi connectivity index (χ3n) is 9.78. The second kappa shape index (κ2) is 7.69. The number of aliphatic hydroxyl groups excluding tert-OH is 1. The molecule has 2 N–H and O–H groups in total. The molecule has 1 aromatic carbocycles. The first kappa shape index (κ1) is 21.6. The molecule has 32 heavy (non-hydrogen) atoms. The number of aliphatic carboxylic acids is 1. The Morgan fingerprint density at radius 1 is 1.03 bits per heavy atom. The highest BCUT2D eigenvalue weighted by Gasteiger charge is 2.59. The van der Waals surface area contributed by atoms with Gasteiger partial charge in [0.1, 0.15) is 0 Å². The van der Waals surface area contributed by atoms with Gasteiger partial charge in [-0.1, -0.05) is 44.2 Å². The second-order valence-corrected chi connectivity index (χ2v) is 11.1. The molecular formula is C28H34O4. The fourth-order valence-corrected chi connectivity index (χ4v) is 7.90. The Labute approximate surface area is 190 Å². The first-order valence-electron chi connectivity index (χ1n) is 12.2. The summed E-state index contributed by atoms with van der Waals surface area (Å²) in [5.41, 5.74) is 3.49. The normalized spacial score (nSPS) is 38.1. The summed E-state index contributed by atoms with van der Waals surface area (Å²) in [6.07, 6.45) is 11.1. The van der Waals surface area contributed by atoms with E-state index in [-0.39, 0.29) is 29.1 Å². The number of Topliss-reactive ketones (excluding diaryl/α,β-unsaturated/α-hetero) is 1. The van der Waals surface area contributed by atoms with E-state index in [9.17, 15) is 19.8 Å². The van der Waals surface area contributed by atoms with Crippen molar-refractivity contribution in [3.05, 3.63) is 58.7 Å². The molecule has 0 radical (unpaired) electrons. The van der Waals surface area contributed by atoms with Crippen LogP contribution >= 0.6 is 0 Å². The average Bonchev–Trinajstić information content (AvgIpc) is 3.15. The van der Waals surface area contributed by atoms with Crippen molar-refractivity contribution in [1.82, 2.24) is 0 Å². The monoisotopic (exact) mass is 434 g/mol. The molecule has 5 rings (SSSR count). The number of carbonyl (C=O) groups is 2. The molecule has 6 atom stereocenters. The van der Waals surface area contributed by atoms with Crippen LogP contribution in [0.3, 0.4) is 0 Å². The van der Waals surface area contributed by atoms with Crippen LogP contribution in [0.15, 0.2) is 47.6 Å². The number of fused-ring (bicyclic) bond motifs is 5. The van der Waals surface area contributed by atoms with Gasteiger partial charge in [0, 0.05) is 17.1 Å². The fourth-order valence-electron chi connectivity index (χ4n) is 7.90. The van der Waals surface area contributed by atoms with E-state index in [0.29, 0.717) is 29.7 Å². The molecule has 0 spiro atoms. The van der Waals surface area contributed by atoms with Gasteiger partial charge < -0.3 is 10.2 Å². The van der Waals surface area contributed by atoms with Crippen molar-refractivity contribution in [3.63, 3.8) is 0 Å². The van der Waals surface area contributed by atoms with Gasteiger partial charge in [-0.2, -0.15) is 0 Å². The zero-order valence-electron chi connectivity index (χ0n) is 19.1. The van der Waals surface area contributed by atoms with Gasteiger partial charge in [-0.05, 0) is 90.7 Å². The lowest BCUT2D eigenvalue weighted by Crippen LogP contribution is -2.50. The van der Waals surface area contributed by atoms with Crippen molar-refractivity contribution in [2.45, 2.75) is 65.4 Å². The van der Waals surface area contributed by atoms with E-state index >= 15 is 0 Å². The highest BCUT2D eigenvalue weighted by Crippen LogP contribution is 2.66. The molecule has 4 heteroatoms. The highest BCUT2D eigenvalue weighted by molar-refractivity contribution is 5.98. The first-order valence-corrected chi connectivity index (χ1v) is 12.2. The van der Waals surface area contributed by atoms with Gasteiger partial charge in [0.2, 0.25) is 0 Å². The van der Waals surface area contributed by atoms with Gasteiger partial charge in [-0.3, -0.25) is 4.79 Å². The summed E-state index contributed by atoms with van der Waals surface area (Å²) in [6, 6.07) is 7.47. The van der Waals surface area contributed by atoms with Gasteiger partial charge in [-0.15, -0.1) is 0 Å². The lowest BCUT2D eigenvalue weighted by molar-refractivity contribution is -0.133. The topological polar surface area (TPSA) is 74.6 Å². The van der Waals surface area contributed by atoms with Crippen LogP contribution in [-0.2, 0) is 11.4 Å². The molecule has 170 valence electrons. The SMILES string of the molecule is C[C@]12CC[C@H]3[C@@H](CC=C4C=C(C(=O)O)CC[C@@]43C)[C@@H]1CC[C@@H]2C(=O)c1ccc(CO)cc1. The van der Waals surface area contributed by atoms with E-state index in [2.05, 4.69) is 19.9 Å². The van der Waals surface area contributed by atoms with E-state index in [4.69, 9.17) is 0 Å². The molecule has 4 aliphatic rings. The maximum Gasteiger partial charge on any atom is 0.331 e. The van der Waals surface area contributed by atoms with Gasteiger partial charge in [-0.25, -0.2) is 4.79 Å². The third-order valence-corrected chi connectivity index (χ3v) is 9.78. The quantitative estimate of drug-likeness (QED) is 0.608. The molecule has 0 heterocycles. The number of aliphatic hydroxyl groups is 1. The number of hydrogen-bond donors (Lipinski definition) is 2. The predicted molar refractivity (Wildman–Crippen MR) is 123 cm³/mol. The molecular weight excluding hydrogens is 400 g/mol. The standard InChI is InChI=1S/C28H34O4/c1-27-13-11-19(26(31)32)15-20(27)7-8-21-22-9-10-24(28(22,2)14-12-23(21)27)25(30)18-5-3-17(16-29)4-6-18/h3-7,15,21-24,29H,8-14,16H2,1-2H3,(H,31,32)/t21-,22-,23-,24+,27-,28-/m0/s1. The van der Waals surface area contributed by atoms with Crippen molar-refractivity contribution in [2.75, 3.05) is 0 Å². The molecule has 1 aromatic rings. The molecule has 0 bridgehead atoms. The van der Waals surface area contributed by atoms with Crippen molar-refractivity contribution >= 4 is 11.8 Å². The summed E-state index contributed by atoms with van der Waals surface area (Å²) in [5, 5.41) is 18.8. The fraction of sp³-hybridized carbons (Fsp3) is 0.571. The van der Waals surface area contributed by atoms with Crippen LogP contribution in [0, 0.1) is 34.5 Å². The smallest absolute Gasteiger partial charge is 0.331 e. The number of carbonyl (C=O) groups excluding carboxylic acids is 1. The zero-order valence-corrected chi connectivity index (χ0v) is 19.1. The largest absolute Gasteiger partial charge is 0.478 e. The Morgan fingerprint density at radius 3 is 2.47 bits per heavy atom.